The second-order valence-electron chi connectivity index (χ2n) is 3.50. The number of hydrogen-bond donors (Lipinski definition) is 0. The molecular formula is C7H15NO3Si3. The maximum Gasteiger partial charge on any atom is 0.441 e. The minimum absolute atomic E-state index is 1.44. The van der Waals surface area contributed by atoms with Crippen LogP contribution < -0.4 is 0 Å². The summed E-state index contributed by atoms with van der Waals surface area (Å²) < 4.78 is 19.6. The van der Waals surface area contributed by atoms with E-state index in [4.69, 9.17) is 12.3 Å². The summed E-state index contributed by atoms with van der Waals surface area (Å²) in [6.07, 6.45) is 4.03. The average molecular weight is 245 g/mol. The Morgan fingerprint density at radius 3 is 2.07 bits per heavy atom. The van der Waals surface area contributed by atoms with Gasteiger partial charge in [0.05, 0.1) is 0 Å². The molecule has 0 amide bonds. The van der Waals surface area contributed by atoms with E-state index in [-0.39, 0.29) is 0 Å². The van der Waals surface area contributed by atoms with Crippen LogP contribution in [0.1, 0.15) is 0 Å². The third-order valence-corrected chi connectivity index (χ3v) is 12.7. The molecular weight excluding hydrogens is 230 g/mol. The van der Waals surface area contributed by atoms with Crippen LogP contribution in [-0.4, -0.2) is 31.5 Å². The van der Waals surface area contributed by atoms with E-state index in [9.17, 15) is 0 Å². The van der Waals surface area contributed by atoms with Crippen LogP contribution in [0.3, 0.4) is 0 Å². The van der Waals surface area contributed by atoms with Crippen molar-refractivity contribution in [1.82, 2.24) is 4.23 Å². The maximum atomic E-state index is 5.92. The van der Waals surface area contributed by atoms with Crippen LogP contribution in [-0.2, 0) is 12.3 Å². The molecule has 0 aliphatic carbocycles. The van der Waals surface area contributed by atoms with Crippen LogP contribution in [0.15, 0.2) is 24.5 Å². The van der Waals surface area contributed by atoms with Gasteiger partial charge in [-0.15, -0.1) is 0 Å². The van der Waals surface area contributed by atoms with E-state index < -0.39 is 27.3 Å². The van der Waals surface area contributed by atoms with E-state index in [1.54, 1.807) is 0 Å². The summed E-state index contributed by atoms with van der Waals surface area (Å²) in [5.41, 5.74) is 0. The molecule has 0 bridgehead atoms. The van der Waals surface area contributed by atoms with Gasteiger partial charge in [-0.05, 0) is 44.2 Å². The highest BCUT2D eigenvalue weighted by atomic mass is 28.5. The van der Waals surface area contributed by atoms with Crippen molar-refractivity contribution in [3.63, 3.8) is 0 Å². The van der Waals surface area contributed by atoms with E-state index in [1.807, 2.05) is 24.5 Å². The molecule has 1 aliphatic rings. The summed E-state index contributed by atoms with van der Waals surface area (Å²) in [6, 6.07) is 4.00. The van der Waals surface area contributed by atoms with Gasteiger partial charge in [0.25, 0.3) is 0 Å². The van der Waals surface area contributed by atoms with Gasteiger partial charge in [-0.2, -0.15) is 0 Å². The van der Waals surface area contributed by atoms with Crippen molar-refractivity contribution >= 4 is 27.3 Å². The second-order valence-corrected chi connectivity index (χ2v) is 11.1. The lowest BCUT2D eigenvalue weighted by molar-refractivity contribution is 0.259. The Bertz CT molecular complexity index is 295. The molecule has 78 valence electrons. The summed E-state index contributed by atoms with van der Waals surface area (Å²) >= 11 is 0. The van der Waals surface area contributed by atoms with Crippen molar-refractivity contribution in [2.45, 2.75) is 19.6 Å². The molecule has 2 atom stereocenters. The van der Waals surface area contributed by atoms with Crippen molar-refractivity contribution in [3.05, 3.63) is 24.5 Å². The molecule has 2 rings (SSSR count). The summed E-state index contributed by atoms with van der Waals surface area (Å²) in [7, 11) is -5.06. The molecule has 2 heterocycles. The Labute approximate surface area is 88.4 Å². The summed E-state index contributed by atoms with van der Waals surface area (Å²) in [6.45, 7) is 6.23. The second kappa shape index (κ2) is 3.76. The molecule has 7 heteroatoms. The Balaban J connectivity index is 2.22. The lowest BCUT2D eigenvalue weighted by Gasteiger charge is -2.38. The Morgan fingerprint density at radius 1 is 1.07 bits per heavy atom. The van der Waals surface area contributed by atoms with Gasteiger partial charge in [0.15, 0.2) is 0 Å². The molecule has 0 radical (unpaired) electrons. The van der Waals surface area contributed by atoms with Crippen molar-refractivity contribution in [2.75, 3.05) is 0 Å². The topological polar surface area (TPSA) is 32.6 Å². The third kappa shape index (κ3) is 1.92. The van der Waals surface area contributed by atoms with Crippen molar-refractivity contribution in [1.29, 1.82) is 0 Å². The van der Waals surface area contributed by atoms with Crippen LogP contribution in [0.5, 0.6) is 0 Å². The number of nitrogens with zero attached hydrogens (tertiary/aromatic N) is 1. The quantitative estimate of drug-likeness (QED) is 0.682. The Hall–Kier alpha value is -0.189. The minimum atomic E-state index is -2.17. The zero-order chi connectivity index (χ0) is 10.2. The lowest BCUT2D eigenvalue weighted by Crippen LogP contribution is -2.58. The van der Waals surface area contributed by atoms with Crippen LogP contribution in [0.4, 0.5) is 0 Å². The summed E-state index contributed by atoms with van der Waals surface area (Å²) in [5, 5.41) is 0. The molecule has 1 aromatic rings. The van der Waals surface area contributed by atoms with E-state index in [1.165, 1.54) is 0 Å². The van der Waals surface area contributed by atoms with Crippen molar-refractivity contribution in [3.8, 4) is 0 Å². The predicted octanol–water partition coefficient (Wildman–Crippen LogP) is 0.669. The van der Waals surface area contributed by atoms with Crippen LogP contribution in [0.2, 0.25) is 19.6 Å². The van der Waals surface area contributed by atoms with Gasteiger partial charge in [0.2, 0.25) is 0 Å². The summed E-state index contributed by atoms with van der Waals surface area (Å²) in [5.74, 6) is 0. The summed E-state index contributed by atoms with van der Waals surface area (Å²) in [4.78, 5) is 0. The van der Waals surface area contributed by atoms with E-state index in [2.05, 4.69) is 23.9 Å². The largest absolute Gasteiger partial charge is 0.441 e. The average Bonchev–Trinajstić information content (AvgIpc) is 2.52. The van der Waals surface area contributed by atoms with Gasteiger partial charge in [-0.1, -0.05) is 0 Å². The van der Waals surface area contributed by atoms with Crippen molar-refractivity contribution < 1.29 is 12.3 Å². The molecule has 1 aliphatic heterocycles. The SMILES string of the molecule is C[SiH]1O[SiH](C)O[Si](C)(n2cccc2)O1. The molecule has 4 nitrogen and oxygen atoms in total. The maximum absolute atomic E-state index is 5.92. The fourth-order valence-corrected chi connectivity index (χ4v) is 12.6. The molecule has 1 fully saturated rings. The Morgan fingerprint density at radius 2 is 1.57 bits per heavy atom. The molecule has 0 spiro atoms. The molecule has 0 N–H and O–H groups in total. The van der Waals surface area contributed by atoms with E-state index in [0.29, 0.717) is 0 Å². The molecule has 14 heavy (non-hydrogen) atoms. The monoisotopic (exact) mass is 245 g/mol. The minimum Gasteiger partial charge on any atom is -0.420 e. The predicted molar refractivity (Wildman–Crippen MR) is 60.7 cm³/mol. The van der Waals surface area contributed by atoms with Crippen LogP contribution in [0, 0.1) is 0 Å². The number of rotatable bonds is 1. The fourth-order valence-electron chi connectivity index (χ4n) is 1.70. The van der Waals surface area contributed by atoms with Gasteiger partial charge >= 0.3 is 27.3 Å². The fraction of sp³-hybridized carbons (Fsp3) is 0.429. The first-order valence-electron chi connectivity index (χ1n) is 4.75. The molecule has 1 saturated heterocycles. The molecule has 1 aromatic heterocycles. The first-order chi connectivity index (χ1) is 6.60. The Kier molecular flexibility index (Phi) is 2.77. The third-order valence-electron chi connectivity index (χ3n) is 2.23. The normalized spacial score (nSPS) is 38.5. The highest BCUT2D eigenvalue weighted by Gasteiger charge is 2.43. The highest BCUT2D eigenvalue weighted by Crippen LogP contribution is 2.19. The smallest absolute Gasteiger partial charge is 0.420 e. The van der Waals surface area contributed by atoms with Gasteiger partial charge in [-0.25, -0.2) is 0 Å². The zero-order valence-electron chi connectivity index (χ0n) is 8.64. The van der Waals surface area contributed by atoms with Gasteiger partial charge < -0.3 is 16.6 Å². The van der Waals surface area contributed by atoms with E-state index in [0.717, 1.165) is 0 Å². The van der Waals surface area contributed by atoms with E-state index >= 15 is 0 Å². The zero-order valence-corrected chi connectivity index (χ0v) is 11.9. The van der Waals surface area contributed by atoms with Crippen LogP contribution in [0.25, 0.3) is 0 Å². The number of hydrogen-bond acceptors (Lipinski definition) is 3. The molecule has 0 saturated carbocycles. The van der Waals surface area contributed by atoms with Gasteiger partial charge in [-0.3, -0.25) is 0 Å². The van der Waals surface area contributed by atoms with Crippen LogP contribution >= 0.6 is 0 Å². The first-order valence-corrected chi connectivity index (χ1v) is 11.2. The molecule has 2 unspecified atom stereocenters. The van der Waals surface area contributed by atoms with Gasteiger partial charge in [0, 0.05) is 0 Å². The van der Waals surface area contributed by atoms with Crippen molar-refractivity contribution in [2.24, 2.45) is 0 Å². The lowest BCUT2D eigenvalue weighted by atomic mass is 10.7. The molecule has 0 aromatic carbocycles. The number of aromatic nitrogens is 1. The van der Waals surface area contributed by atoms with Gasteiger partial charge in [0.1, 0.15) is 0 Å². The highest BCUT2D eigenvalue weighted by molar-refractivity contribution is 6.81. The standard InChI is InChI=1S/C7H15NO3Si3/c1-12-9-13(2)11-14(3,10-12)8-6-4-5-7-8/h4-7,12-13H,1-3H3. The first kappa shape index (κ1) is 10.3.